The van der Waals surface area contributed by atoms with Crippen LogP contribution >= 0.6 is 11.6 Å². The summed E-state index contributed by atoms with van der Waals surface area (Å²) in [4.78, 5) is 10.8. The van der Waals surface area contributed by atoms with E-state index in [1.54, 1.807) is 0 Å². The molecule has 6 heteroatoms. The molecule has 1 heterocycles. The number of aromatic nitrogens is 2. The number of ether oxygens (including phenoxy) is 1. The van der Waals surface area contributed by atoms with Crippen molar-refractivity contribution in [3.05, 3.63) is 76.6 Å². The SMILES string of the molecule is Cc1cc(COc2ccc(CCC(C)CC(=O)O)cc2)n(-c2ccc(Cl)cc2)n1. The lowest BCUT2D eigenvalue weighted by atomic mass is 9.98. The molecule has 0 amide bonds. The van der Waals surface area contributed by atoms with Crippen LogP contribution < -0.4 is 4.74 Å². The van der Waals surface area contributed by atoms with Crippen LogP contribution in [0.25, 0.3) is 5.69 Å². The third kappa shape index (κ3) is 6.09. The third-order valence-corrected chi connectivity index (χ3v) is 4.99. The Labute approximate surface area is 175 Å². The zero-order valence-corrected chi connectivity index (χ0v) is 17.4. The van der Waals surface area contributed by atoms with Gasteiger partial charge in [-0.2, -0.15) is 5.10 Å². The molecule has 0 aliphatic carbocycles. The van der Waals surface area contributed by atoms with Gasteiger partial charge < -0.3 is 9.84 Å². The Kier molecular flexibility index (Phi) is 6.94. The first-order valence-electron chi connectivity index (χ1n) is 9.65. The van der Waals surface area contributed by atoms with Gasteiger partial charge in [0.2, 0.25) is 0 Å². The predicted octanol–water partition coefficient (Wildman–Crippen LogP) is 5.46. The Hall–Kier alpha value is -2.79. The maximum Gasteiger partial charge on any atom is 0.303 e. The second kappa shape index (κ2) is 9.61. The van der Waals surface area contributed by atoms with Crippen LogP contribution in [0, 0.1) is 12.8 Å². The minimum Gasteiger partial charge on any atom is -0.487 e. The number of hydrogen-bond donors (Lipinski definition) is 1. The van der Waals surface area contributed by atoms with Crippen LogP contribution in [0.2, 0.25) is 5.02 Å². The molecule has 1 aromatic heterocycles. The summed E-state index contributed by atoms with van der Waals surface area (Å²) < 4.78 is 7.82. The molecule has 1 atom stereocenters. The fraction of sp³-hybridized carbons (Fsp3) is 0.304. The number of hydrogen-bond acceptors (Lipinski definition) is 3. The van der Waals surface area contributed by atoms with Crippen LogP contribution in [-0.4, -0.2) is 20.9 Å². The van der Waals surface area contributed by atoms with Gasteiger partial charge in [-0.25, -0.2) is 4.68 Å². The minimum absolute atomic E-state index is 0.167. The van der Waals surface area contributed by atoms with Crippen molar-refractivity contribution in [3.8, 4) is 11.4 Å². The number of benzene rings is 2. The fourth-order valence-corrected chi connectivity index (χ4v) is 3.31. The van der Waals surface area contributed by atoms with E-state index in [0.717, 1.165) is 35.7 Å². The first kappa shape index (κ1) is 20.9. The van der Waals surface area contributed by atoms with Crippen molar-refractivity contribution in [2.75, 3.05) is 0 Å². The van der Waals surface area contributed by atoms with Crippen LogP contribution in [0.3, 0.4) is 0 Å². The average Bonchev–Trinajstić information content (AvgIpc) is 3.06. The Bertz CT molecular complexity index is 949. The van der Waals surface area contributed by atoms with E-state index in [4.69, 9.17) is 21.4 Å². The number of nitrogens with zero attached hydrogens (tertiary/aromatic N) is 2. The topological polar surface area (TPSA) is 64.3 Å². The molecule has 2 aromatic carbocycles. The van der Waals surface area contributed by atoms with Gasteiger partial charge >= 0.3 is 5.97 Å². The summed E-state index contributed by atoms with van der Waals surface area (Å²) in [7, 11) is 0. The first-order valence-corrected chi connectivity index (χ1v) is 10.0. The molecule has 1 N–H and O–H groups in total. The van der Waals surface area contributed by atoms with E-state index in [2.05, 4.69) is 5.10 Å². The fourth-order valence-electron chi connectivity index (χ4n) is 3.18. The lowest BCUT2D eigenvalue weighted by Crippen LogP contribution is -2.06. The van der Waals surface area contributed by atoms with Gasteiger partial charge in [0.15, 0.2) is 0 Å². The van der Waals surface area contributed by atoms with Crippen LogP contribution in [0.15, 0.2) is 54.6 Å². The zero-order chi connectivity index (χ0) is 20.8. The molecule has 3 aromatic rings. The number of carboxylic acid groups (broad SMARTS) is 1. The number of rotatable bonds is 9. The molecule has 0 saturated carbocycles. The molecule has 3 rings (SSSR count). The van der Waals surface area contributed by atoms with E-state index in [0.29, 0.717) is 11.6 Å². The van der Waals surface area contributed by atoms with Gasteiger partial charge in [0.05, 0.1) is 17.1 Å². The molecular formula is C23H25ClN2O3. The Morgan fingerprint density at radius 2 is 1.86 bits per heavy atom. The van der Waals surface area contributed by atoms with E-state index < -0.39 is 5.97 Å². The molecule has 1 unspecified atom stereocenters. The summed E-state index contributed by atoms with van der Waals surface area (Å²) in [6.45, 7) is 4.33. The highest BCUT2D eigenvalue weighted by Crippen LogP contribution is 2.20. The summed E-state index contributed by atoms with van der Waals surface area (Å²) in [5, 5.41) is 14.1. The van der Waals surface area contributed by atoms with Crippen LogP contribution in [-0.2, 0) is 17.8 Å². The molecule has 29 heavy (non-hydrogen) atoms. The summed E-state index contributed by atoms with van der Waals surface area (Å²) in [6.07, 6.45) is 1.92. The van der Waals surface area contributed by atoms with Crippen molar-refractivity contribution in [3.63, 3.8) is 0 Å². The van der Waals surface area contributed by atoms with E-state index in [-0.39, 0.29) is 12.3 Å². The molecule has 0 fully saturated rings. The van der Waals surface area contributed by atoms with Crippen LogP contribution in [0.4, 0.5) is 0 Å². The average molecular weight is 413 g/mol. The highest BCUT2D eigenvalue weighted by atomic mass is 35.5. The smallest absolute Gasteiger partial charge is 0.303 e. The summed E-state index contributed by atoms with van der Waals surface area (Å²) >= 11 is 5.98. The molecule has 5 nitrogen and oxygen atoms in total. The van der Waals surface area contributed by atoms with Gasteiger partial charge in [-0.1, -0.05) is 30.7 Å². The maximum absolute atomic E-state index is 10.8. The highest BCUT2D eigenvalue weighted by Gasteiger charge is 2.10. The highest BCUT2D eigenvalue weighted by molar-refractivity contribution is 6.30. The second-order valence-electron chi connectivity index (χ2n) is 7.34. The van der Waals surface area contributed by atoms with Crippen molar-refractivity contribution in [1.29, 1.82) is 0 Å². The van der Waals surface area contributed by atoms with E-state index in [1.807, 2.05) is 73.1 Å². The number of carbonyl (C=O) groups is 1. The molecule has 0 spiro atoms. The molecule has 0 aliphatic rings. The molecule has 0 bridgehead atoms. The number of aryl methyl sites for hydroxylation is 2. The van der Waals surface area contributed by atoms with Crippen molar-refractivity contribution < 1.29 is 14.6 Å². The normalized spacial score (nSPS) is 12.0. The maximum atomic E-state index is 10.8. The third-order valence-electron chi connectivity index (χ3n) is 4.74. The van der Waals surface area contributed by atoms with Crippen molar-refractivity contribution in [2.45, 2.75) is 39.7 Å². The molecule has 0 aliphatic heterocycles. The lowest BCUT2D eigenvalue weighted by Gasteiger charge is -2.11. The largest absolute Gasteiger partial charge is 0.487 e. The molecule has 152 valence electrons. The Balaban J connectivity index is 1.59. The Morgan fingerprint density at radius 1 is 1.17 bits per heavy atom. The standard InChI is InChI=1S/C23H25ClN2O3/c1-16(13-23(27)28)3-4-18-5-11-22(12-6-18)29-15-21-14-17(2)25-26(21)20-9-7-19(24)8-10-20/h5-12,14,16H,3-4,13,15H2,1-2H3,(H,27,28). The van der Waals surface area contributed by atoms with E-state index in [9.17, 15) is 4.79 Å². The summed E-state index contributed by atoms with van der Waals surface area (Å²) in [5.41, 5.74) is 3.99. The first-order chi connectivity index (χ1) is 13.9. The second-order valence-corrected chi connectivity index (χ2v) is 7.78. The van der Waals surface area contributed by atoms with Crippen molar-refractivity contribution in [1.82, 2.24) is 9.78 Å². The van der Waals surface area contributed by atoms with Crippen LogP contribution in [0.1, 0.15) is 36.7 Å². The number of aliphatic carboxylic acids is 1. The van der Waals surface area contributed by atoms with E-state index >= 15 is 0 Å². The van der Waals surface area contributed by atoms with Gasteiger partial charge in [-0.05, 0) is 73.7 Å². The summed E-state index contributed by atoms with van der Waals surface area (Å²) in [5.74, 6) is 0.211. The quantitative estimate of drug-likeness (QED) is 0.507. The summed E-state index contributed by atoms with van der Waals surface area (Å²) in [6, 6.07) is 17.5. The van der Waals surface area contributed by atoms with Crippen molar-refractivity contribution in [2.24, 2.45) is 5.92 Å². The molecule has 0 radical (unpaired) electrons. The number of halogens is 1. The lowest BCUT2D eigenvalue weighted by molar-refractivity contribution is -0.138. The molecular weight excluding hydrogens is 388 g/mol. The minimum atomic E-state index is -0.741. The van der Waals surface area contributed by atoms with Gasteiger partial charge in [0, 0.05) is 11.4 Å². The van der Waals surface area contributed by atoms with Crippen LogP contribution in [0.5, 0.6) is 5.75 Å². The van der Waals surface area contributed by atoms with Gasteiger partial charge in [0.25, 0.3) is 0 Å². The molecule has 0 saturated heterocycles. The van der Waals surface area contributed by atoms with Gasteiger partial charge in [0.1, 0.15) is 12.4 Å². The predicted molar refractivity (Wildman–Crippen MR) is 114 cm³/mol. The van der Waals surface area contributed by atoms with Gasteiger partial charge in [-0.15, -0.1) is 0 Å². The monoisotopic (exact) mass is 412 g/mol. The Morgan fingerprint density at radius 3 is 2.52 bits per heavy atom. The number of carboxylic acids is 1. The van der Waals surface area contributed by atoms with Crippen molar-refractivity contribution >= 4 is 17.6 Å². The van der Waals surface area contributed by atoms with E-state index in [1.165, 1.54) is 5.56 Å². The zero-order valence-electron chi connectivity index (χ0n) is 16.6. The van der Waals surface area contributed by atoms with Gasteiger partial charge in [-0.3, -0.25) is 4.79 Å².